The standard InChI is InChI=1S/2C10H19N2.C7H12N2.C6H10N2.C2H5Br.C2H6.CH3F.BrH.F2HNO4S2.FH.HIS.K/c2*1-5-10-11(6-2)8-9(4)12(10)7-3;1-3-7-8-5-6-9(7)4-2;1-3-6-7-4-5(2)8-6;1-2-3;2*1-2;;1-8(4,5)3-9(2,6)7;;1-2;/h2*8H,5-7H2,1-4H3;5-6H,3-4H2,1-2H3;4H,3H2,1-2H3,(H,7,8);2H2,1H3;1-2H3;1H3;1H;3H;1H;2H;/q2*+1;;;;;;;;;;+1/p-2/i;;;;;;1D;;;;;. The first-order valence-corrected chi connectivity index (χ1v) is 26.8. The predicted molar refractivity (Wildman–Crippen MR) is 254 cm³/mol. The van der Waals surface area contributed by atoms with Crippen LogP contribution < -0.4 is 86.3 Å². The first-order valence-electron chi connectivity index (χ1n) is 20.4. The molecule has 4 rings (SSSR count). The number of halogens is 7. The van der Waals surface area contributed by atoms with Crippen LogP contribution in [0.25, 0.3) is 0 Å². The molecule has 0 atom stereocenters. The largest absolute Gasteiger partial charge is 1.00 e. The van der Waals surface area contributed by atoms with Crippen molar-refractivity contribution in [1.82, 2.24) is 32.8 Å². The van der Waals surface area contributed by atoms with Gasteiger partial charge in [0.15, 0.2) is 0 Å². The Kier molecular flexibility index (Phi) is 60.4. The van der Waals surface area contributed by atoms with Crippen LogP contribution >= 0.6 is 46.9 Å². The van der Waals surface area contributed by atoms with Gasteiger partial charge < -0.3 is 31.2 Å². The minimum Gasteiger partial charge on any atom is -1.00 e. The Morgan fingerprint density at radius 1 is 0.790 bits per heavy atom. The number of imidazole rings is 4. The third kappa shape index (κ3) is 37.2. The molecule has 0 aromatic carbocycles. The van der Waals surface area contributed by atoms with E-state index in [0.717, 1.165) is 75.3 Å². The molecule has 0 unspecified atom stereocenters. The maximum absolute atomic E-state index is 11.1. The summed E-state index contributed by atoms with van der Waals surface area (Å²) < 4.78 is 86.4. The fraction of sp³-hybridized carbons (Fsp3) is 0.684. The fourth-order valence-corrected chi connectivity index (χ4v) is 6.31. The number of nitrogens with one attached hydrogen (secondary N) is 2. The van der Waals surface area contributed by atoms with Gasteiger partial charge in [-0.3, -0.25) is 4.39 Å². The van der Waals surface area contributed by atoms with Crippen molar-refractivity contribution in [3.63, 3.8) is 0 Å². The Bertz CT molecular complexity index is 1740. The molecule has 0 fully saturated rings. The number of rotatable bonds is 11. The molecule has 0 aliphatic carbocycles. The second-order valence-corrected chi connectivity index (χ2v) is 14.8. The normalized spacial score (nSPS) is 9.60. The predicted octanol–water partition coefficient (Wildman–Crippen LogP) is 0.414. The summed E-state index contributed by atoms with van der Waals surface area (Å²) in [5.41, 5.74) is 3.88. The number of hydrogen-bond acceptors (Lipinski definition) is 7. The van der Waals surface area contributed by atoms with Crippen LogP contribution in [0.5, 0.6) is 0 Å². The van der Waals surface area contributed by atoms with Gasteiger partial charge in [-0.05, 0) is 62.7 Å². The topological polar surface area (TPSA) is 144 Å². The zero-order valence-electron chi connectivity index (χ0n) is 40.8. The number of nitrogens with zero attached hydrogens (tertiary/aromatic N) is 7. The van der Waals surface area contributed by atoms with E-state index in [1.165, 1.54) is 28.9 Å². The zero-order chi connectivity index (χ0) is 48.1. The summed E-state index contributed by atoms with van der Waals surface area (Å²) >= 11 is 4.99. The van der Waals surface area contributed by atoms with E-state index in [9.17, 15) is 29.0 Å². The van der Waals surface area contributed by atoms with Crippen LogP contribution in [0.1, 0.15) is 125 Å². The van der Waals surface area contributed by atoms with Gasteiger partial charge in [-0.25, -0.2) is 28.2 Å². The van der Waals surface area contributed by atoms with Crippen LogP contribution in [-0.2, 0) is 79.2 Å². The van der Waals surface area contributed by atoms with Crippen molar-refractivity contribution >= 4 is 67.8 Å². The van der Waals surface area contributed by atoms with Crippen LogP contribution in [0.2, 0.25) is 0 Å². The average Bonchev–Trinajstić information content (AvgIpc) is 4.00. The number of hydrogen-bond donors (Lipinski definition) is 3. The number of aromatic amines is 1. The van der Waals surface area contributed by atoms with Crippen LogP contribution in [0.15, 0.2) is 31.0 Å². The van der Waals surface area contributed by atoms with Crippen LogP contribution in [0.4, 0.5) is 12.2 Å². The molecule has 13 nitrogen and oxygen atoms in total. The summed E-state index contributed by atoms with van der Waals surface area (Å²) in [6.07, 6.45) is 14.4. The molecule has 364 valence electrons. The molecule has 2 N–H and O–H groups in total. The monoisotopic (exact) mass is 1220 g/mol. The molecule has 0 aliphatic heterocycles. The number of alkyl halides is 2. The Morgan fingerprint density at radius 2 is 1.16 bits per heavy atom. The van der Waals surface area contributed by atoms with Crippen LogP contribution in [0.3, 0.4) is 0 Å². The summed E-state index contributed by atoms with van der Waals surface area (Å²) in [6, 6.07) is 0. The third-order valence-electron chi connectivity index (χ3n) is 7.52. The van der Waals surface area contributed by atoms with Crippen molar-refractivity contribution in [1.29, 1.82) is 0 Å². The maximum atomic E-state index is 11.1. The van der Waals surface area contributed by atoms with Crippen molar-refractivity contribution in [2.45, 2.75) is 162 Å². The van der Waals surface area contributed by atoms with Crippen LogP contribution in [0, 0.1) is 20.8 Å². The second kappa shape index (κ2) is 49.0. The fourth-order valence-electron chi connectivity index (χ4n) is 5.36. The number of aryl methyl sites for hydroxylation is 8. The van der Waals surface area contributed by atoms with Gasteiger partial charge in [-0.15, -0.1) is 9.80 Å². The third-order valence-corrected chi connectivity index (χ3v) is 9.11. The van der Waals surface area contributed by atoms with Gasteiger partial charge in [-0.1, -0.05) is 76.3 Å². The molecule has 0 spiro atoms. The summed E-state index contributed by atoms with van der Waals surface area (Å²) in [4.78, 5) is 11.4. The summed E-state index contributed by atoms with van der Waals surface area (Å²) in [6.45, 7) is 37.3. The first kappa shape index (κ1) is 76.4. The summed E-state index contributed by atoms with van der Waals surface area (Å²) in [7, 11) is -8.49. The van der Waals surface area contributed by atoms with Gasteiger partial charge in [0.25, 0.3) is 11.6 Å². The molecule has 0 amide bonds. The van der Waals surface area contributed by atoms with Crippen molar-refractivity contribution in [2.75, 3.05) is 12.5 Å². The average molecular weight is 1220 g/mol. The van der Waals surface area contributed by atoms with Gasteiger partial charge >= 0.3 is 72.2 Å². The van der Waals surface area contributed by atoms with E-state index in [2.05, 4.69) is 152 Å². The van der Waals surface area contributed by atoms with E-state index in [1.807, 2.05) is 67.5 Å². The maximum Gasteiger partial charge on any atom is 1.00 e. The molecule has 0 bridgehead atoms. The van der Waals surface area contributed by atoms with Gasteiger partial charge in [0.1, 0.15) is 35.4 Å². The minimum atomic E-state index is -5.49. The van der Waals surface area contributed by atoms with Crippen molar-refractivity contribution < 1.29 is 113 Å². The molecule has 4 aromatic heterocycles. The second-order valence-electron chi connectivity index (χ2n) is 11.2. The van der Waals surface area contributed by atoms with E-state index >= 15 is 0 Å². The van der Waals surface area contributed by atoms with Crippen molar-refractivity contribution in [2.24, 2.45) is 0 Å². The van der Waals surface area contributed by atoms with Crippen molar-refractivity contribution in [3.05, 3.63) is 71.4 Å². The quantitative estimate of drug-likeness (QED) is 0.0378. The van der Waals surface area contributed by atoms with E-state index in [4.69, 9.17) is 1.37 Å². The molecule has 0 aliphatic rings. The van der Waals surface area contributed by atoms with Gasteiger partial charge in [0.05, 0.1) is 34.7 Å². The molecule has 24 heteroatoms. The molecule has 0 saturated carbocycles. The molecule has 4 aromatic rings. The Balaban J connectivity index is -0.0000000944. The van der Waals surface area contributed by atoms with Crippen molar-refractivity contribution in [3.8, 4) is 0 Å². The smallest absolute Gasteiger partial charge is 1.00 e. The zero-order valence-corrected chi connectivity index (χ0v) is 50.8. The van der Waals surface area contributed by atoms with Gasteiger partial charge in [-0.2, -0.15) is 16.8 Å². The SMILES string of the molecule is CC.CCBr.CCc1n(CC)c(C)c[n+]1CC.CCc1n(CC)c(C)c[n+]1CC.CCc1ncc(C)[nH]1.CCc1nccn1CC.O=S(=O)(F)NS(=O)(=O)F.SI.[2H]CF.[Br-].[F-].[K+]. The number of aromatic nitrogens is 8. The van der Waals surface area contributed by atoms with E-state index in [-0.39, 0.29) is 77.2 Å². The summed E-state index contributed by atoms with van der Waals surface area (Å²) in [5, 5.41) is 1.06. The summed E-state index contributed by atoms with van der Waals surface area (Å²) in [5.74, 6) is 5.13. The molecule has 0 saturated heterocycles. The molecular formula is C38H76Br2F4IKN9O4S3+. The van der Waals surface area contributed by atoms with E-state index in [1.54, 1.807) is 0 Å². The molecule has 4 heterocycles. The van der Waals surface area contributed by atoms with Crippen LogP contribution in [-0.4, -0.2) is 58.0 Å². The Labute approximate surface area is 453 Å². The molecular weight excluding hydrogens is 1140 g/mol. The van der Waals surface area contributed by atoms with E-state index < -0.39 is 28.0 Å². The minimum absolute atomic E-state index is 0. The van der Waals surface area contributed by atoms with E-state index in [0.29, 0.717) is 0 Å². The van der Waals surface area contributed by atoms with Gasteiger partial charge in [0, 0.05) is 75.7 Å². The number of thiol groups is 1. The van der Waals surface area contributed by atoms with Gasteiger partial charge in [0.2, 0.25) is 0 Å². The number of H-pyrrole nitrogens is 1. The molecule has 62 heavy (non-hydrogen) atoms. The molecule has 0 radical (unpaired) electrons. The first-order chi connectivity index (χ1) is 28.2. The Morgan fingerprint density at radius 3 is 1.34 bits per heavy atom. The Hall–Kier alpha value is 0.0964.